The Balaban J connectivity index is 0.000000167. The quantitative estimate of drug-likeness (QED) is 0.0964. The molecule has 54 heavy (non-hydrogen) atoms. The number of rotatable bonds is 8. The Kier molecular flexibility index (Phi) is 9.61. The minimum Gasteiger partial charge on any atom is -0.508 e. The number of Topliss-reactive ketones (excluding diaryl/α,β-unsaturated/α-hetero) is 1. The number of H-pyrrole nitrogens is 2. The van der Waals surface area contributed by atoms with Gasteiger partial charge in [-0.1, -0.05) is 30.3 Å². The van der Waals surface area contributed by atoms with Crippen LogP contribution in [0.15, 0.2) is 116 Å². The lowest BCUT2D eigenvalue weighted by Gasteiger charge is -2.13. The van der Waals surface area contributed by atoms with Crippen LogP contribution in [-0.4, -0.2) is 62.4 Å². The van der Waals surface area contributed by atoms with Gasteiger partial charge in [-0.3, -0.25) is 4.79 Å². The molecular formula is C43H36N4O7. The monoisotopic (exact) mass is 720 g/mol. The Morgan fingerprint density at radius 2 is 1.04 bits per heavy atom. The van der Waals surface area contributed by atoms with Crippen LogP contribution in [0, 0.1) is 0 Å². The maximum atomic E-state index is 11.9. The molecule has 0 fully saturated rings. The summed E-state index contributed by atoms with van der Waals surface area (Å²) in [5.41, 5.74) is 8.00. The summed E-state index contributed by atoms with van der Waals surface area (Å²) in [7, 11) is 4.80. The van der Waals surface area contributed by atoms with Crippen LogP contribution in [0.5, 0.6) is 34.5 Å². The number of ether oxygens (including phenoxy) is 3. The largest absolute Gasteiger partial charge is 0.508 e. The van der Waals surface area contributed by atoms with E-state index < -0.39 is 0 Å². The number of aromatic amines is 2. The second kappa shape index (κ2) is 14.8. The van der Waals surface area contributed by atoms with Gasteiger partial charge in [-0.2, -0.15) is 0 Å². The van der Waals surface area contributed by atoms with Crippen molar-refractivity contribution >= 4 is 27.9 Å². The summed E-state index contributed by atoms with van der Waals surface area (Å²) in [6.45, 7) is 1.40. The lowest BCUT2D eigenvalue weighted by atomic mass is 9.97. The predicted octanol–water partition coefficient (Wildman–Crippen LogP) is 9.14. The van der Waals surface area contributed by atoms with Crippen molar-refractivity contribution in [2.24, 2.45) is 0 Å². The third-order valence-electron chi connectivity index (χ3n) is 9.13. The van der Waals surface area contributed by atoms with E-state index in [4.69, 9.17) is 14.2 Å². The number of fused-ring (bicyclic) bond motifs is 2. The normalized spacial score (nSPS) is 10.9. The SMILES string of the molecule is COc1ccc(C(C)=O)c(O)c1-c1c[nH]c2ncc(-c3cccc(O)c3)cc12.COc1cccc(OC)c1-c1c[nH]c2ncc(-c3cccc(O)c3)cc12. The van der Waals surface area contributed by atoms with E-state index in [1.54, 1.807) is 75.3 Å². The van der Waals surface area contributed by atoms with E-state index in [0.717, 1.165) is 61.3 Å². The fourth-order valence-electron chi connectivity index (χ4n) is 6.51. The van der Waals surface area contributed by atoms with Crippen LogP contribution in [0.3, 0.4) is 0 Å². The van der Waals surface area contributed by atoms with Gasteiger partial charge in [0.25, 0.3) is 0 Å². The highest BCUT2D eigenvalue weighted by Gasteiger charge is 2.21. The first-order chi connectivity index (χ1) is 26.2. The van der Waals surface area contributed by atoms with Crippen molar-refractivity contribution < 1.29 is 34.3 Å². The molecular weight excluding hydrogens is 684 g/mol. The summed E-state index contributed by atoms with van der Waals surface area (Å²) in [5, 5.41) is 32.0. The van der Waals surface area contributed by atoms with Gasteiger partial charge in [0.05, 0.1) is 38.0 Å². The number of benzene rings is 4. The number of phenols is 3. The van der Waals surface area contributed by atoms with E-state index in [0.29, 0.717) is 22.5 Å². The summed E-state index contributed by atoms with van der Waals surface area (Å²) in [6, 6.07) is 26.9. The van der Waals surface area contributed by atoms with Gasteiger partial charge in [0, 0.05) is 57.8 Å². The van der Waals surface area contributed by atoms with Gasteiger partial charge in [0.2, 0.25) is 0 Å². The molecule has 270 valence electrons. The van der Waals surface area contributed by atoms with Crippen molar-refractivity contribution in [2.75, 3.05) is 21.3 Å². The molecule has 0 atom stereocenters. The number of methoxy groups -OCH3 is 3. The van der Waals surface area contributed by atoms with Crippen LogP contribution < -0.4 is 14.2 Å². The molecule has 0 aliphatic rings. The third-order valence-corrected chi connectivity index (χ3v) is 9.13. The van der Waals surface area contributed by atoms with Gasteiger partial charge in [-0.05, 0) is 78.7 Å². The van der Waals surface area contributed by atoms with Crippen molar-refractivity contribution in [3.05, 3.63) is 121 Å². The van der Waals surface area contributed by atoms with E-state index in [1.165, 1.54) is 14.0 Å². The molecule has 11 nitrogen and oxygen atoms in total. The van der Waals surface area contributed by atoms with Crippen molar-refractivity contribution in [1.82, 2.24) is 19.9 Å². The number of carbonyl (C=O) groups excluding carboxylic acids is 1. The second-order valence-corrected chi connectivity index (χ2v) is 12.4. The Morgan fingerprint density at radius 1 is 0.574 bits per heavy atom. The summed E-state index contributed by atoms with van der Waals surface area (Å²) in [6.07, 6.45) is 7.13. The summed E-state index contributed by atoms with van der Waals surface area (Å²) < 4.78 is 16.5. The van der Waals surface area contributed by atoms with Crippen LogP contribution >= 0.6 is 0 Å². The van der Waals surface area contributed by atoms with Crippen molar-refractivity contribution in [3.8, 4) is 79.0 Å². The number of pyridine rings is 2. The number of phenolic OH excluding ortho intramolecular Hbond substituents is 3. The lowest BCUT2D eigenvalue weighted by Crippen LogP contribution is -1.97. The average Bonchev–Trinajstić information content (AvgIpc) is 3.81. The number of carbonyl (C=O) groups is 1. The molecule has 0 saturated carbocycles. The van der Waals surface area contributed by atoms with Gasteiger partial charge >= 0.3 is 0 Å². The van der Waals surface area contributed by atoms with E-state index in [9.17, 15) is 20.1 Å². The first kappa shape index (κ1) is 35.1. The van der Waals surface area contributed by atoms with Gasteiger partial charge in [0.15, 0.2) is 5.78 Å². The zero-order valence-electron chi connectivity index (χ0n) is 29.8. The van der Waals surface area contributed by atoms with E-state index >= 15 is 0 Å². The van der Waals surface area contributed by atoms with Gasteiger partial charge in [0.1, 0.15) is 45.8 Å². The summed E-state index contributed by atoms with van der Waals surface area (Å²) in [5.74, 6) is 1.94. The number of hydrogen-bond donors (Lipinski definition) is 5. The van der Waals surface area contributed by atoms with Gasteiger partial charge < -0.3 is 39.5 Å². The molecule has 0 aliphatic heterocycles. The van der Waals surface area contributed by atoms with Crippen LogP contribution in [0.2, 0.25) is 0 Å². The molecule has 4 aromatic heterocycles. The molecule has 0 radical (unpaired) electrons. The third kappa shape index (κ3) is 6.61. The average molecular weight is 721 g/mol. The summed E-state index contributed by atoms with van der Waals surface area (Å²) in [4.78, 5) is 27.2. The van der Waals surface area contributed by atoms with Crippen LogP contribution in [0.1, 0.15) is 17.3 Å². The van der Waals surface area contributed by atoms with E-state index in [-0.39, 0.29) is 28.6 Å². The molecule has 4 aromatic carbocycles. The van der Waals surface area contributed by atoms with Crippen LogP contribution in [0.25, 0.3) is 66.6 Å². The number of aromatic nitrogens is 4. The van der Waals surface area contributed by atoms with E-state index in [2.05, 4.69) is 26.0 Å². The first-order valence-corrected chi connectivity index (χ1v) is 16.9. The highest BCUT2D eigenvalue weighted by Crippen LogP contribution is 2.44. The van der Waals surface area contributed by atoms with Crippen molar-refractivity contribution in [1.29, 1.82) is 0 Å². The Bertz CT molecular complexity index is 2640. The molecule has 5 N–H and O–H groups in total. The molecule has 4 heterocycles. The fraction of sp³-hybridized carbons (Fsp3) is 0.0930. The molecule has 8 rings (SSSR count). The second-order valence-electron chi connectivity index (χ2n) is 12.4. The Hall–Kier alpha value is -7.27. The Morgan fingerprint density at radius 3 is 1.50 bits per heavy atom. The maximum absolute atomic E-state index is 11.9. The molecule has 8 aromatic rings. The minimum absolute atomic E-state index is 0.129. The zero-order chi connectivity index (χ0) is 37.9. The van der Waals surface area contributed by atoms with Crippen molar-refractivity contribution in [2.45, 2.75) is 6.92 Å². The zero-order valence-corrected chi connectivity index (χ0v) is 29.8. The molecule has 0 amide bonds. The van der Waals surface area contributed by atoms with Crippen LogP contribution in [-0.2, 0) is 0 Å². The van der Waals surface area contributed by atoms with Crippen LogP contribution in [0.4, 0.5) is 0 Å². The fourth-order valence-corrected chi connectivity index (χ4v) is 6.51. The lowest BCUT2D eigenvalue weighted by molar-refractivity contribution is 0.101. The topological polar surface area (TPSA) is 163 Å². The molecule has 0 spiro atoms. The highest BCUT2D eigenvalue weighted by molar-refractivity contribution is 6.04. The molecule has 0 unspecified atom stereocenters. The maximum Gasteiger partial charge on any atom is 0.163 e. The number of nitrogens with one attached hydrogen (secondary N) is 2. The molecule has 0 aliphatic carbocycles. The predicted molar refractivity (Wildman–Crippen MR) is 209 cm³/mol. The summed E-state index contributed by atoms with van der Waals surface area (Å²) >= 11 is 0. The smallest absolute Gasteiger partial charge is 0.163 e. The molecule has 0 bridgehead atoms. The van der Waals surface area contributed by atoms with Gasteiger partial charge in [-0.15, -0.1) is 0 Å². The number of ketones is 1. The first-order valence-electron chi connectivity index (χ1n) is 16.9. The molecule has 0 saturated heterocycles. The minimum atomic E-state index is -0.236. The number of nitrogens with zero attached hydrogens (tertiary/aromatic N) is 2. The molecule has 11 heteroatoms. The van der Waals surface area contributed by atoms with E-state index in [1.807, 2.05) is 48.7 Å². The number of hydrogen-bond acceptors (Lipinski definition) is 9. The number of aromatic hydroxyl groups is 3. The standard InChI is InChI=1S/C22H18N2O4.C21H18N2O3/c1-12(25)16-6-7-19(28-2)20(21(16)27)18-11-24-22-17(18)9-14(10-23-22)13-4-3-5-15(26)8-13;1-25-18-7-4-8-19(26-2)20(18)17-12-23-21-16(17)10-14(11-22-21)13-5-3-6-15(24)9-13/h3-11,26-27H,1-2H3,(H,23,24);3-12,24H,1-2H3,(H,22,23). The van der Waals surface area contributed by atoms with Crippen molar-refractivity contribution in [3.63, 3.8) is 0 Å². The highest BCUT2D eigenvalue weighted by atomic mass is 16.5. The van der Waals surface area contributed by atoms with Gasteiger partial charge in [-0.25, -0.2) is 9.97 Å². The Labute approximate surface area is 310 Å².